The summed E-state index contributed by atoms with van der Waals surface area (Å²) in [6.07, 6.45) is 4.46. The molecule has 57 heavy (non-hydrogen) atoms. The summed E-state index contributed by atoms with van der Waals surface area (Å²) in [5.41, 5.74) is 14.9. The van der Waals surface area contributed by atoms with Crippen molar-refractivity contribution in [2.45, 2.75) is 71.1 Å². The maximum Gasteiger partial charge on any atom is 0.254 e. The van der Waals surface area contributed by atoms with Crippen LogP contribution in [-0.4, -0.2) is 4.40 Å². The van der Waals surface area contributed by atoms with Gasteiger partial charge in [0.1, 0.15) is 23.4 Å². The Balaban J connectivity index is 1.48. The first-order valence-electron chi connectivity index (χ1n) is 20.4. The van der Waals surface area contributed by atoms with Gasteiger partial charge in [0.25, 0.3) is 6.33 Å². The molecule has 8 aromatic rings. The van der Waals surface area contributed by atoms with Gasteiger partial charge in [0.15, 0.2) is 5.52 Å². The Kier molecular flexibility index (Phi) is 10.8. The van der Waals surface area contributed by atoms with Gasteiger partial charge in [-0.15, -0.1) is 0 Å². The van der Waals surface area contributed by atoms with Gasteiger partial charge in [0.2, 0.25) is 0 Å². The number of aromatic nitrogens is 2. The van der Waals surface area contributed by atoms with Gasteiger partial charge in [-0.3, -0.25) is 0 Å². The van der Waals surface area contributed by atoms with Crippen molar-refractivity contribution in [3.8, 4) is 16.9 Å². The lowest BCUT2D eigenvalue weighted by molar-refractivity contribution is -0.595. The highest BCUT2D eigenvalue weighted by molar-refractivity contribution is 5.73. The number of hydrogen-bond acceptors (Lipinski definition) is 0. The van der Waals surface area contributed by atoms with E-state index in [-0.39, 0.29) is 17.7 Å². The second-order valence-electron chi connectivity index (χ2n) is 16.3. The van der Waals surface area contributed by atoms with E-state index in [1.165, 1.54) is 22.3 Å². The van der Waals surface area contributed by atoms with Crippen LogP contribution in [0.4, 0.5) is 4.39 Å². The molecule has 0 saturated heterocycles. The van der Waals surface area contributed by atoms with Gasteiger partial charge in [-0.05, 0) is 81.0 Å². The van der Waals surface area contributed by atoms with Crippen molar-refractivity contribution < 1.29 is 8.96 Å². The molecule has 0 saturated carbocycles. The summed E-state index contributed by atoms with van der Waals surface area (Å²) in [5, 5.41) is 0. The molecule has 2 aromatic heterocycles. The monoisotopic (exact) mass is 747 g/mol. The summed E-state index contributed by atoms with van der Waals surface area (Å²) in [4.78, 5) is 0. The molecule has 0 radical (unpaired) electrons. The topological polar surface area (TPSA) is 8.29 Å². The number of fused-ring (bicyclic) bond motifs is 1. The Morgan fingerprint density at radius 1 is 0.439 bits per heavy atom. The van der Waals surface area contributed by atoms with Crippen LogP contribution in [0.25, 0.3) is 22.5 Å². The van der Waals surface area contributed by atoms with Crippen molar-refractivity contribution in [1.29, 1.82) is 0 Å². The molecule has 0 aliphatic rings. The zero-order valence-corrected chi connectivity index (χ0v) is 33.9. The van der Waals surface area contributed by atoms with E-state index in [9.17, 15) is 0 Å². The highest BCUT2D eigenvalue weighted by atomic mass is 19.1. The van der Waals surface area contributed by atoms with Crippen molar-refractivity contribution in [2.24, 2.45) is 0 Å². The van der Waals surface area contributed by atoms with Gasteiger partial charge in [0.05, 0.1) is 0 Å². The van der Waals surface area contributed by atoms with E-state index in [1.54, 1.807) is 12.1 Å². The van der Waals surface area contributed by atoms with Crippen LogP contribution in [-0.2, 0) is 0 Å². The number of hydrogen-bond donors (Lipinski definition) is 0. The molecule has 0 amide bonds. The zero-order valence-electron chi connectivity index (χ0n) is 33.9. The average molecular weight is 748 g/mol. The molecule has 6 aromatic carbocycles. The predicted molar refractivity (Wildman–Crippen MR) is 234 cm³/mol. The third kappa shape index (κ3) is 7.47. The van der Waals surface area contributed by atoms with E-state index in [1.807, 2.05) is 24.3 Å². The van der Waals surface area contributed by atoms with E-state index in [2.05, 4.69) is 190 Å². The summed E-state index contributed by atoms with van der Waals surface area (Å²) in [6.45, 7) is 13.8. The standard InChI is InChI=1S/C54H52FN2/c1-36(2)43-30-46(37(3)4)53(47(31-43)38(5)6)50-29-19-28-45-34-56(35-57(45)50)54-48(51(39-20-11-7-12-21-39)40-22-13-8-14-23-40)32-44(55)33-49(54)52(41-24-15-9-16-25-41)42-26-17-10-18-27-42/h7-38,51-52H,1-6H3/q+1. The van der Waals surface area contributed by atoms with Crippen molar-refractivity contribution in [3.05, 3.63) is 232 Å². The van der Waals surface area contributed by atoms with E-state index < -0.39 is 0 Å². The highest BCUT2D eigenvalue weighted by Gasteiger charge is 2.32. The lowest BCUT2D eigenvalue weighted by Crippen LogP contribution is -2.33. The van der Waals surface area contributed by atoms with Crippen molar-refractivity contribution in [2.75, 3.05) is 0 Å². The van der Waals surface area contributed by atoms with Gasteiger partial charge in [-0.1, -0.05) is 181 Å². The van der Waals surface area contributed by atoms with Crippen LogP contribution in [0.5, 0.6) is 0 Å². The zero-order chi connectivity index (χ0) is 39.6. The first-order chi connectivity index (χ1) is 27.7. The number of pyridine rings is 1. The molecule has 0 unspecified atom stereocenters. The molecular formula is C54H52FN2+. The Bertz CT molecular complexity index is 2390. The van der Waals surface area contributed by atoms with E-state index >= 15 is 4.39 Å². The average Bonchev–Trinajstić information content (AvgIpc) is 3.66. The Morgan fingerprint density at radius 3 is 1.25 bits per heavy atom. The first-order valence-corrected chi connectivity index (χ1v) is 20.4. The highest BCUT2D eigenvalue weighted by Crippen LogP contribution is 2.43. The quantitative estimate of drug-likeness (QED) is 0.0920. The Hall–Kier alpha value is -6.06. The minimum atomic E-state index is -0.254. The number of rotatable bonds is 11. The van der Waals surface area contributed by atoms with Crippen molar-refractivity contribution >= 4 is 5.52 Å². The number of imidazole rings is 1. The summed E-state index contributed by atoms with van der Waals surface area (Å²) in [7, 11) is 0. The summed E-state index contributed by atoms with van der Waals surface area (Å²) in [5.74, 6) is 0.374. The van der Waals surface area contributed by atoms with Gasteiger partial charge in [-0.25, -0.2) is 8.96 Å². The second kappa shape index (κ2) is 16.2. The van der Waals surface area contributed by atoms with E-state index in [0.717, 1.165) is 50.3 Å². The molecule has 8 rings (SSSR count). The summed E-state index contributed by atoms with van der Waals surface area (Å²) >= 11 is 0. The normalized spacial score (nSPS) is 11.9. The molecule has 0 aliphatic heterocycles. The van der Waals surface area contributed by atoms with Crippen LogP contribution < -0.4 is 4.57 Å². The third-order valence-electron chi connectivity index (χ3n) is 11.5. The molecular weight excluding hydrogens is 696 g/mol. The number of nitrogens with zero attached hydrogens (tertiary/aromatic N) is 2. The second-order valence-corrected chi connectivity index (χ2v) is 16.3. The SMILES string of the molecule is CC(C)c1cc(C(C)C)c(-c2cccc3c[n+](-c4c(C(c5ccccc5)c5ccccc5)cc(F)cc4C(c4ccccc4)c4ccccc4)cn23)c(C(C)C)c1. The summed E-state index contributed by atoms with van der Waals surface area (Å²) < 4.78 is 21.3. The minimum Gasteiger partial charge on any atom is -0.207 e. The molecule has 0 spiro atoms. The number of halogens is 1. The molecule has 3 heteroatoms. The van der Waals surface area contributed by atoms with Gasteiger partial charge in [-0.2, -0.15) is 4.40 Å². The minimum absolute atomic E-state index is 0.234. The molecule has 0 aliphatic carbocycles. The summed E-state index contributed by atoms with van der Waals surface area (Å²) in [6, 6.07) is 57.2. The molecule has 2 heterocycles. The van der Waals surface area contributed by atoms with Gasteiger partial charge >= 0.3 is 0 Å². The van der Waals surface area contributed by atoms with Crippen LogP contribution in [0.15, 0.2) is 176 Å². The first kappa shape index (κ1) is 37.8. The largest absolute Gasteiger partial charge is 0.254 e. The van der Waals surface area contributed by atoms with Crippen molar-refractivity contribution in [1.82, 2.24) is 4.40 Å². The van der Waals surface area contributed by atoms with Crippen LogP contribution in [0, 0.1) is 5.82 Å². The van der Waals surface area contributed by atoms with Gasteiger partial charge < -0.3 is 0 Å². The Morgan fingerprint density at radius 2 is 0.860 bits per heavy atom. The fourth-order valence-corrected chi connectivity index (χ4v) is 8.72. The van der Waals surface area contributed by atoms with Gasteiger partial charge in [0, 0.05) is 28.5 Å². The van der Waals surface area contributed by atoms with Crippen molar-refractivity contribution in [3.63, 3.8) is 0 Å². The van der Waals surface area contributed by atoms with E-state index in [4.69, 9.17) is 0 Å². The maximum atomic E-state index is 16.7. The Labute approximate surface area is 338 Å². The molecule has 0 bridgehead atoms. The molecule has 0 fully saturated rings. The third-order valence-corrected chi connectivity index (χ3v) is 11.5. The smallest absolute Gasteiger partial charge is 0.207 e. The van der Waals surface area contributed by atoms with Crippen LogP contribution in [0.1, 0.15) is 121 Å². The molecule has 284 valence electrons. The maximum absolute atomic E-state index is 16.7. The van der Waals surface area contributed by atoms with Crippen LogP contribution in [0.2, 0.25) is 0 Å². The van der Waals surface area contributed by atoms with Crippen LogP contribution >= 0.6 is 0 Å². The fourth-order valence-electron chi connectivity index (χ4n) is 8.72. The molecule has 0 atom stereocenters. The van der Waals surface area contributed by atoms with Crippen LogP contribution in [0.3, 0.4) is 0 Å². The lowest BCUT2D eigenvalue weighted by Gasteiger charge is -2.26. The predicted octanol–water partition coefficient (Wildman–Crippen LogP) is 13.8. The molecule has 2 nitrogen and oxygen atoms in total. The number of benzene rings is 6. The van der Waals surface area contributed by atoms with E-state index in [0.29, 0.717) is 17.8 Å². The lowest BCUT2D eigenvalue weighted by atomic mass is 9.79. The molecule has 0 N–H and O–H groups in total. The fraction of sp³-hybridized carbons (Fsp3) is 0.204.